The maximum Gasteiger partial charge on any atom is 0.127 e. The first-order valence-corrected chi connectivity index (χ1v) is 9.06. The van der Waals surface area contributed by atoms with Crippen molar-refractivity contribution >= 4 is 33.1 Å². The summed E-state index contributed by atoms with van der Waals surface area (Å²) in [6.07, 6.45) is 5.52. The molecule has 0 aliphatic rings. The minimum absolute atomic E-state index is 0.359. The summed E-state index contributed by atoms with van der Waals surface area (Å²) in [6, 6.07) is 19.1. The van der Waals surface area contributed by atoms with Crippen LogP contribution in [0.2, 0.25) is 0 Å². The van der Waals surface area contributed by atoms with Crippen molar-refractivity contribution in [3.63, 3.8) is 0 Å². The lowest BCUT2D eigenvalue weighted by atomic mass is 10.0. The SMILES string of the molecule is CCCCC(C=CCl)COc1cccc2cc3ccccc3cc12. The molecule has 3 rings (SSSR count). The number of halogens is 1. The van der Waals surface area contributed by atoms with Gasteiger partial charge < -0.3 is 4.74 Å². The fraction of sp³-hybridized carbons (Fsp3) is 0.273. The number of hydrogen-bond donors (Lipinski definition) is 0. The van der Waals surface area contributed by atoms with Gasteiger partial charge in [0.25, 0.3) is 0 Å². The van der Waals surface area contributed by atoms with Crippen molar-refractivity contribution in [1.82, 2.24) is 0 Å². The van der Waals surface area contributed by atoms with E-state index in [4.69, 9.17) is 16.3 Å². The number of ether oxygens (including phenoxy) is 1. The predicted octanol–water partition coefficient (Wildman–Crippen LogP) is 6.93. The van der Waals surface area contributed by atoms with Gasteiger partial charge in [-0.2, -0.15) is 0 Å². The smallest absolute Gasteiger partial charge is 0.127 e. The lowest BCUT2D eigenvalue weighted by Crippen LogP contribution is -2.10. The Balaban J connectivity index is 1.87. The number of hydrogen-bond acceptors (Lipinski definition) is 1. The first kappa shape index (κ1) is 16.9. The highest BCUT2D eigenvalue weighted by Gasteiger charge is 2.08. The summed E-state index contributed by atoms with van der Waals surface area (Å²) in [6.45, 7) is 2.87. The van der Waals surface area contributed by atoms with Crippen LogP contribution in [-0.2, 0) is 0 Å². The van der Waals surface area contributed by atoms with E-state index < -0.39 is 0 Å². The minimum Gasteiger partial charge on any atom is -0.492 e. The molecule has 1 nitrogen and oxygen atoms in total. The standard InChI is InChI=1S/C22H23ClO/c1-2-3-7-17(12-13-23)16-24-22-11-6-10-20-14-18-8-4-5-9-19(18)15-21(20)22/h4-6,8-15,17H,2-3,7,16H2,1H3. The summed E-state index contributed by atoms with van der Waals surface area (Å²) in [7, 11) is 0. The Hall–Kier alpha value is -1.99. The first-order chi connectivity index (χ1) is 11.8. The molecule has 1 atom stereocenters. The number of unbranched alkanes of at least 4 members (excludes halogenated alkanes) is 1. The van der Waals surface area contributed by atoms with E-state index in [9.17, 15) is 0 Å². The molecular formula is C22H23ClO. The van der Waals surface area contributed by atoms with Gasteiger partial charge in [-0.05, 0) is 40.8 Å². The molecule has 0 aromatic heterocycles. The van der Waals surface area contributed by atoms with Gasteiger partial charge >= 0.3 is 0 Å². The van der Waals surface area contributed by atoms with Gasteiger partial charge in [-0.1, -0.05) is 73.8 Å². The highest BCUT2D eigenvalue weighted by Crippen LogP contribution is 2.30. The molecule has 24 heavy (non-hydrogen) atoms. The van der Waals surface area contributed by atoms with Crippen molar-refractivity contribution < 1.29 is 4.74 Å². The lowest BCUT2D eigenvalue weighted by molar-refractivity contribution is 0.269. The third-order valence-corrected chi connectivity index (χ3v) is 4.58. The molecule has 0 spiro atoms. The number of rotatable bonds is 7. The van der Waals surface area contributed by atoms with Crippen LogP contribution in [0.15, 0.2) is 66.2 Å². The molecule has 0 saturated carbocycles. The van der Waals surface area contributed by atoms with Gasteiger partial charge in [0.2, 0.25) is 0 Å². The molecule has 0 aliphatic carbocycles. The molecule has 0 N–H and O–H groups in total. The summed E-state index contributed by atoms with van der Waals surface area (Å²) < 4.78 is 6.17. The highest BCUT2D eigenvalue weighted by atomic mass is 35.5. The van der Waals surface area contributed by atoms with Crippen LogP contribution < -0.4 is 4.74 Å². The van der Waals surface area contributed by atoms with Crippen molar-refractivity contribution in [1.29, 1.82) is 0 Å². The van der Waals surface area contributed by atoms with Crippen LogP contribution in [0.4, 0.5) is 0 Å². The van der Waals surface area contributed by atoms with E-state index in [1.807, 2.05) is 6.08 Å². The Kier molecular flexibility index (Phi) is 5.77. The molecule has 0 aliphatic heterocycles. The second-order valence-electron chi connectivity index (χ2n) is 6.21. The third kappa shape index (κ3) is 3.91. The van der Waals surface area contributed by atoms with Crippen molar-refractivity contribution in [2.45, 2.75) is 26.2 Å². The second kappa shape index (κ2) is 8.21. The van der Waals surface area contributed by atoms with Gasteiger partial charge in [-0.15, -0.1) is 0 Å². The van der Waals surface area contributed by atoms with Gasteiger partial charge in [0.1, 0.15) is 5.75 Å². The van der Waals surface area contributed by atoms with Gasteiger partial charge in [-0.3, -0.25) is 0 Å². The highest BCUT2D eigenvalue weighted by molar-refractivity contribution is 6.25. The topological polar surface area (TPSA) is 9.23 Å². The van der Waals surface area contributed by atoms with E-state index in [1.165, 1.54) is 34.4 Å². The number of fused-ring (bicyclic) bond motifs is 2. The minimum atomic E-state index is 0.359. The molecule has 1 unspecified atom stereocenters. The molecule has 2 heteroatoms. The zero-order valence-electron chi connectivity index (χ0n) is 14.0. The maximum atomic E-state index is 6.17. The van der Waals surface area contributed by atoms with E-state index >= 15 is 0 Å². The van der Waals surface area contributed by atoms with Gasteiger partial charge in [0.05, 0.1) is 6.61 Å². The summed E-state index contributed by atoms with van der Waals surface area (Å²) >= 11 is 5.78. The van der Waals surface area contributed by atoms with E-state index in [-0.39, 0.29) is 0 Å². The van der Waals surface area contributed by atoms with Crippen LogP contribution in [0.1, 0.15) is 26.2 Å². The average Bonchev–Trinajstić information content (AvgIpc) is 2.62. The van der Waals surface area contributed by atoms with Gasteiger partial charge in [0.15, 0.2) is 0 Å². The molecule has 124 valence electrons. The fourth-order valence-corrected chi connectivity index (χ4v) is 3.27. The fourth-order valence-electron chi connectivity index (χ4n) is 3.07. The molecule has 0 bridgehead atoms. The molecule has 0 heterocycles. The molecule has 0 amide bonds. The van der Waals surface area contributed by atoms with Gasteiger partial charge in [0, 0.05) is 16.8 Å². The molecule has 0 fully saturated rings. The summed E-state index contributed by atoms with van der Waals surface area (Å²) in [4.78, 5) is 0. The maximum absolute atomic E-state index is 6.17. The van der Waals surface area contributed by atoms with Crippen molar-refractivity contribution in [3.8, 4) is 5.75 Å². The van der Waals surface area contributed by atoms with Crippen LogP contribution in [0.25, 0.3) is 21.5 Å². The third-order valence-electron chi connectivity index (χ3n) is 4.43. The molecule has 0 saturated heterocycles. The molecule has 0 radical (unpaired) electrons. The summed E-state index contributed by atoms with van der Waals surface area (Å²) in [5, 5.41) is 4.88. The Morgan fingerprint density at radius 2 is 1.75 bits per heavy atom. The Labute approximate surface area is 148 Å². The Bertz CT molecular complexity index is 838. The monoisotopic (exact) mass is 338 g/mol. The van der Waals surface area contributed by atoms with E-state index in [2.05, 4.69) is 61.5 Å². The largest absolute Gasteiger partial charge is 0.492 e. The van der Waals surface area contributed by atoms with Crippen LogP contribution >= 0.6 is 11.6 Å². The van der Waals surface area contributed by atoms with Crippen molar-refractivity contribution in [3.05, 3.63) is 66.2 Å². The van der Waals surface area contributed by atoms with Crippen LogP contribution in [0.3, 0.4) is 0 Å². The normalized spacial score (nSPS) is 12.9. The predicted molar refractivity (Wildman–Crippen MR) is 105 cm³/mol. The molecular weight excluding hydrogens is 316 g/mol. The lowest BCUT2D eigenvalue weighted by Gasteiger charge is -2.15. The van der Waals surface area contributed by atoms with Crippen LogP contribution in [-0.4, -0.2) is 6.61 Å². The summed E-state index contributed by atoms with van der Waals surface area (Å²) in [5.41, 5.74) is 1.61. The van der Waals surface area contributed by atoms with E-state index in [1.54, 1.807) is 5.54 Å². The Morgan fingerprint density at radius 3 is 2.50 bits per heavy atom. The van der Waals surface area contributed by atoms with Gasteiger partial charge in [-0.25, -0.2) is 0 Å². The zero-order valence-corrected chi connectivity index (χ0v) is 14.8. The zero-order chi connectivity index (χ0) is 16.8. The molecule has 3 aromatic carbocycles. The van der Waals surface area contributed by atoms with Crippen molar-refractivity contribution in [2.75, 3.05) is 6.61 Å². The first-order valence-electron chi connectivity index (χ1n) is 8.63. The second-order valence-corrected chi connectivity index (χ2v) is 6.46. The average molecular weight is 339 g/mol. The Morgan fingerprint density at radius 1 is 1.00 bits per heavy atom. The van der Waals surface area contributed by atoms with E-state index in [0.717, 1.165) is 12.2 Å². The van der Waals surface area contributed by atoms with E-state index in [0.29, 0.717) is 12.5 Å². The van der Waals surface area contributed by atoms with Crippen molar-refractivity contribution in [2.24, 2.45) is 5.92 Å². The number of benzene rings is 3. The summed E-state index contributed by atoms with van der Waals surface area (Å²) in [5.74, 6) is 1.31. The molecule has 3 aromatic rings. The van der Waals surface area contributed by atoms with Crippen LogP contribution in [0.5, 0.6) is 5.75 Å². The quantitative estimate of drug-likeness (QED) is 0.424. The van der Waals surface area contributed by atoms with Crippen LogP contribution in [0, 0.1) is 5.92 Å².